The lowest BCUT2D eigenvalue weighted by atomic mass is 9.74. The molecule has 0 aromatic heterocycles. The fourth-order valence-electron chi connectivity index (χ4n) is 1.91. The van der Waals surface area contributed by atoms with E-state index in [9.17, 15) is 4.79 Å². The first-order chi connectivity index (χ1) is 7.73. The van der Waals surface area contributed by atoms with Gasteiger partial charge in [0, 0.05) is 20.0 Å². The third-order valence-electron chi connectivity index (χ3n) is 3.96. The van der Waals surface area contributed by atoms with Crippen LogP contribution in [0.2, 0.25) is 0 Å². The monoisotopic (exact) mass is 237 g/mol. The summed E-state index contributed by atoms with van der Waals surface area (Å²) in [6, 6.07) is 0. The molecule has 2 heterocycles. The number of nitrogens with zero attached hydrogens (tertiary/aromatic N) is 1. The van der Waals surface area contributed by atoms with Crippen molar-refractivity contribution in [1.82, 2.24) is 4.90 Å². The quantitative estimate of drug-likeness (QED) is 0.647. The van der Waals surface area contributed by atoms with E-state index in [1.165, 1.54) is 0 Å². The molecule has 0 saturated carbocycles. The van der Waals surface area contributed by atoms with E-state index < -0.39 is 0 Å². The predicted octanol–water partition coefficient (Wildman–Crippen LogP) is 1.41. The van der Waals surface area contributed by atoms with Crippen molar-refractivity contribution in [2.45, 2.75) is 45.3 Å². The summed E-state index contributed by atoms with van der Waals surface area (Å²) >= 11 is 0. The number of likely N-dealkylation sites (N-methyl/N-ethyl adjacent to an activating group) is 1. The van der Waals surface area contributed by atoms with Crippen LogP contribution in [0.4, 0.5) is 0 Å². The van der Waals surface area contributed by atoms with Gasteiger partial charge in [-0.05, 0) is 33.2 Å². The van der Waals surface area contributed by atoms with Crippen LogP contribution in [0, 0.1) is 0 Å². The molecule has 0 aromatic carbocycles. The molecule has 17 heavy (non-hydrogen) atoms. The summed E-state index contributed by atoms with van der Waals surface area (Å²) in [6.07, 6.45) is 2.43. The molecule has 1 fully saturated rings. The summed E-state index contributed by atoms with van der Waals surface area (Å²) in [5.74, 6) is 0.122. The zero-order valence-electron chi connectivity index (χ0n) is 11.2. The third-order valence-corrected chi connectivity index (χ3v) is 3.96. The maximum atomic E-state index is 11.7. The van der Waals surface area contributed by atoms with Gasteiger partial charge in [0.2, 0.25) is 5.91 Å². The molecular formula is C12H20BNO3. The Labute approximate surface area is 103 Å². The van der Waals surface area contributed by atoms with E-state index in [0.29, 0.717) is 13.0 Å². The summed E-state index contributed by atoms with van der Waals surface area (Å²) in [5.41, 5.74) is 0.266. The van der Waals surface area contributed by atoms with Gasteiger partial charge in [-0.2, -0.15) is 0 Å². The van der Waals surface area contributed by atoms with Gasteiger partial charge >= 0.3 is 7.12 Å². The van der Waals surface area contributed by atoms with Gasteiger partial charge in [0.05, 0.1) is 11.2 Å². The van der Waals surface area contributed by atoms with Crippen molar-refractivity contribution in [2.24, 2.45) is 0 Å². The number of amides is 1. The molecule has 1 saturated heterocycles. The van der Waals surface area contributed by atoms with E-state index in [1.54, 1.807) is 11.9 Å². The van der Waals surface area contributed by atoms with E-state index in [2.05, 4.69) is 0 Å². The van der Waals surface area contributed by atoms with E-state index in [0.717, 1.165) is 5.47 Å². The fourth-order valence-corrected chi connectivity index (χ4v) is 1.91. The van der Waals surface area contributed by atoms with Crippen LogP contribution in [0.25, 0.3) is 0 Å². The molecule has 0 radical (unpaired) electrons. The van der Waals surface area contributed by atoms with E-state index in [4.69, 9.17) is 9.31 Å². The molecule has 2 aliphatic heterocycles. The van der Waals surface area contributed by atoms with Crippen molar-refractivity contribution in [3.8, 4) is 0 Å². The highest BCUT2D eigenvalue weighted by Gasteiger charge is 2.52. The lowest BCUT2D eigenvalue weighted by Crippen LogP contribution is -2.41. The van der Waals surface area contributed by atoms with E-state index in [1.807, 2.05) is 33.8 Å². The Balaban J connectivity index is 2.14. The van der Waals surface area contributed by atoms with Gasteiger partial charge in [0.1, 0.15) is 0 Å². The van der Waals surface area contributed by atoms with Gasteiger partial charge in [0.25, 0.3) is 0 Å². The number of carbonyl (C=O) groups is 1. The minimum atomic E-state index is -0.377. The number of carbonyl (C=O) groups excluding carboxylic acids is 1. The average Bonchev–Trinajstić information content (AvgIpc) is 2.41. The SMILES string of the molecule is CN1CC=C(B2OC(C)(C)C(C)(C)O2)CC1=O. The van der Waals surface area contributed by atoms with Crippen LogP contribution in [0.15, 0.2) is 11.5 Å². The van der Waals surface area contributed by atoms with Crippen molar-refractivity contribution in [3.63, 3.8) is 0 Å². The third kappa shape index (κ3) is 2.14. The van der Waals surface area contributed by atoms with Crippen LogP contribution in [0.1, 0.15) is 34.1 Å². The van der Waals surface area contributed by atoms with Gasteiger partial charge in [0.15, 0.2) is 0 Å². The smallest absolute Gasteiger partial charge is 0.400 e. The maximum Gasteiger partial charge on any atom is 0.490 e. The average molecular weight is 237 g/mol. The van der Waals surface area contributed by atoms with Gasteiger partial charge in [-0.3, -0.25) is 4.79 Å². The van der Waals surface area contributed by atoms with Crippen LogP contribution in [0.5, 0.6) is 0 Å². The van der Waals surface area contributed by atoms with Crippen molar-refractivity contribution >= 4 is 13.0 Å². The minimum Gasteiger partial charge on any atom is -0.400 e. The molecule has 0 atom stereocenters. The summed E-state index contributed by atoms with van der Waals surface area (Å²) in [4.78, 5) is 13.4. The van der Waals surface area contributed by atoms with Crippen molar-refractivity contribution < 1.29 is 14.1 Å². The molecule has 0 bridgehead atoms. The van der Waals surface area contributed by atoms with Crippen molar-refractivity contribution in [3.05, 3.63) is 11.5 Å². The number of rotatable bonds is 1. The molecular weight excluding hydrogens is 217 g/mol. The largest absolute Gasteiger partial charge is 0.490 e. The van der Waals surface area contributed by atoms with Gasteiger partial charge in [-0.1, -0.05) is 6.08 Å². The molecule has 0 aliphatic carbocycles. The summed E-state index contributed by atoms with van der Waals surface area (Å²) in [6.45, 7) is 8.71. The van der Waals surface area contributed by atoms with Crippen LogP contribution >= 0.6 is 0 Å². The first kappa shape index (κ1) is 12.6. The second kappa shape index (κ2) is 3.85. The molecule has 0 aromatic rings. The molecule has 0 N–H and O–H groups in total. The standard InChI is InChI=1S/C12H20BNO3/c1-11(2)12(3,4)17-13(16-11)9-6-7-14(5)10(15)8-9/h6H,7-8H2,1-5H3. The van der Waals surface area contributed by atoms with Crippen LogP contribution in [-0.4, -0.2) is 42.7 Å². The van der Waals surface area contributed by atoms with Crippen LogP contribution in [0.3, 0.4) is 0 Å². The van der Waals surface area contributed by atoms with Crippen LogP contribution < -0.4 is 0 Å². The Morgan fingerprint density at radius 2 is 1.76 bits per heavy atom. The molecule has 2 aliphatic rings. The lowest BCUT2D eigenvalue weighted by molar-refractivity contribution is -0.129. The fraction of sp³-hybridized carbons (Fsp3) is 0.750. The number of hydrogen-bond donors (Lipinski definition) is 0. The van der Waals surface area contributed by atoms with E-state index >= 15 is 0 Å². The number of hydrogen-bond acceptors (Lipinski definition) is 3. The predicted molar refractivity (Wildman–Crippen MR) is 66.4 cm³/mol. The Bertz CT molecular complexity index is 360. The Morgan fingerprint density at radius 1 is 1.24 bits per heavy atom. The summed E-state index contributed by atoms with van der Waals surface area (Å²) in [5, 5.41) is 0. The van der Waals surface area contributed by atoms with E-state index in [-0.39, 0.29) is 24.2 Å². The van der Waals surface area contributed by atoms with Gasteiger partial charge in [-0.25, -0.2) is 0 Å². The highest BCUT2D eigenvalue weighted by molar-refractivity contribution is 6.55. The summed E-state index contributed by atoms with van der Waals surface area (Å²) in [7, 11) is 1.43. The second-order valence-electron chi connectivity index (χ2n) is 5.82. The normalized spacial score (nSPS) is 27.4. The van der Waals surface area contributed by atoms with Crippen molar-refractivity contribution in [1.29, 1.82) is 0 Å². The molecule has 5 heteroatoms. The first-order valence-corrected chi connectivity index (χ1v) is 6.01. The minimum absolute atomic E-state index is 0.122. The van der Waals surface area contributed by atoms with Crippen molar-refractivity contribution in [2.75, 3.05) is 13.6 Å². The highest BCUT2D eigenvalue weighted by Crippen LogP contribution is 2.39. The van der Waals surface area contributed by atoms with Gasteiger partial charge < -0.3 is 14.2 Å². The van der Waals surface area contributed by atoms with Gasteiger partial charge in [-0.15, -0.1) is 0 Å². The molecule has 4 nitrogen and oxygen atoms in total. The van der Waals surface area contributed by atoms with Crippen LogP contribution in [-0.2, 0) is 14.1 Å². The highest BCUT2D eigenvalue weighted by atomic mass is 16.7. The maximum absolute atomic E-state index is 11.7. The molecule has 0 unspecified atom stereocenters. The molecule has 1 amide bonds. The molecule has 94 valence electrons. The molecule has 0 spiro atoms. The topological polar surface area (TPSA) is 38.8 Å². The zero-order chi connectivity index (χ0) is 12.8. The summed E-state index contributed by atoms with van der Waals surface area (Å²) < 4.78 is 11.9. The second-order valence-corrected chi connectivity index (χ2v) is 5.82. The Hall–Kier alpha value is -0.805. The Morgan fingerprint density at radius 3 is 2.24 bits per heavy atom. The lowest BCUT2D eigenvalue weighted by Gasteiger charge is -2.32. The zero-order valence-corrected chi connectivity index (χ0v) is 11.2. The molecule has 2 rings (SSSR count). The first-order valence-electron chi connectivity index (χ1n) is 6.01. The Kier molecular flexibility index (Phi) is 2.87.